The molecule has 2 aromatic carbocycles. The molecule has 0 atom stereocenters. The van der Waals surface area contributed by atoms with E-state index in [9.17, 15) is 0 Å². The van der Waals surface area contributed by atoms with Crippen molar-refractivity contribution in [1.82, 2.24) is 0 Å². The Morgan fingerprint density at radius 3 is 1.31 bits per heavy atom. The molecule has 0 saturated carbocycles. The van der Waals surface area contributed by atoms with E-state index < -0.39 is 0 Å². The van der Waals surface area contributed by atoms with Gasteiger partial charge in [-0.2, -0.15) is 0 Å². The summed E-state index contributed by atoms with van der Waals surface area (Å²) in [4.78, 5) is 0. The van der Waals surface area contributed by atoms with Crippen molar-refractivity contribution in [3.8, 4) is 0 Å². The quantitative estimate of drug-likeness (QED) is 0.580. The second-order valence-corrected chi connectivity index (χ2v) is 5.19. The van der Waals surface area contributed by atoms with Gasteiger partial charge in [-0.25, -0.2) is 7.80 Å². The SMILES string of the molecule is [BH3-]P(c1ccc(Cl)cc1)c1ccc(Cl)cc1. The molecule has 0 nitrogen and oxygen atoms in total. The molecule has 0 aromatic heterocycles. The highest BCUT2D eigenvalue weighted by atomic mass is 35.5. The Balaban J connectivity index is 2.28. The standard InChI is InChI=1S/C12H11BCl2P/c13-16(11-5-1-9(14)2-6-11)12-7-3-10(15)4-8-12/h1-8H,13H3/q-1. The van der Waals surface area contributed by atoms with Gasteiger partial charge in [-0.15, -0.1) is 0 Å². The minimum atomic E-state index is -0.0628. The van der Waals surface area contributed by atoms with Crippen molar-refractivity contribution in [3.63, 3.8) is 0 Å². The van der Waals surface area contributed by atoms with Gasteiger partial charge in [-0.05, 0) is 31.8 Å². The Bertz CT molecular complexity index is 422. The summed E-state index contributed by atoms with van der Waals surface area (Å²) in [5, 5.41) is 4.48. The average molecular weight is 268 g/mol. The molecule has 0 bridgehead atoms. The van der Waals surface area contributed by atoms with Gasteiger partial charge in [0.25, 0.3) is 0 Å². The van der Waals surface area contributed by atoms with E-state index in [2.05, 4.69) is 24.3 Å². The Hall–Kier alpha value is -0.485. The summed E-state index contributed by atoms with van der Waals surface area (Å²) in [7, 11) is 0.196. The molecule has 0 unspecified atom stereocenters. The monoisotopic (exact) mass is 267 g/mol. The van der Waals surface area contributed by atoms with E-state index in [1.807, 2.05) is 24.3 Å². The number of hydrogen-bond donors (Lipinski definition) is 0. The van der Waals surface area contributed by atoms with Crippen LogP contribution < -0.4 is 10.6 Å². The largest absolute Gasteiger partial charge is 0.226 e. The minimum absolute atomic E-state index is 0.0628. The fraction of sp³-hybridized carbons (Fsp3) is 0. The van der Waals surface area contributed by atoms with Gasteiger partial charge < -0.3 is 0 Å². The van der Waals surface area contributed by atoms with E-state index in [0.29, 0.717) is 0 Å². The molecule has 2 rings (SSSR count). The first kappa shape index (κ1) is 12.0. The molecule has 0 N–H and O–H groups in total. The van der Waals surface area contributed by atoms with E-state index in [-0.39, 0.29) is 15.4 Å². The number of halogens is 2. The summed E-state index contributed by atoms with van der Waals surface area (Å²) in [6, 6.07) is 16.5. The van der Waals surface area contributed by atoms with E-state index in [4.69, 9.17) is 23.2 Å². The molecule has 82 valence electrons. The minimum Gasteiger partial charge on any atom is -0.226 e. The van der Waals surface area contributed by atoms with Crippen LogP contribution in [0.1, 0.15) is 0 Å². The highest BCUT2D eigenvalue weighted by molar-refractivity contribution is 7.94. The van der Waals surface area contributed by atoms with Gasteiger partial charge in [-0.3, -0.25) is 0 Å². The Morgan fingerprint density at radius 1 is 0.688 bits per heavy atom. The topological polar surface area (TPSA) is 0 Å². The van der Waals surface area contributed by atoms with Crippen LogP contribution in [0.3, 0.4) is 0 Å². The lowest BCUT2D eigenvalue weighted by Gasteiger charge is -2.19. The first-order valence-electron chi connectivity index (χ1n) is 4.47. The van der Waals surface area contributed by atoms with Crippen molar-refractivity contribution >= 4 is 49.2 Å². The number of benzene rings is 2. The lowest BCUT2D eigenvalue weighted by Crippen LogP contribution is -2.10. The van der Waals surface area contributed by atoms with Gasteiger partial charge in [0.1, 0.15) is 0 Å². The summed E-state index contributed by atoms with van der Waals surface area (Å²) in [6.45, 7) is 0. The highest BCUT2D eigenvalue weighted by Crippen LogP contribution is 2.28. The van der Waals surface area contributed by atoms with Gasteiger partial charge in [0.15, 0.2) is 0 Å². The molecule has 0 saturated heterocycles. The van der Waals surface area contributed by atoms with Crippen LogP contribution in [0.5, 0.6) is 0 Å². The Morgan fingerprint density at radius 2 is 1.00 bits per heavy atom. The second kappa shape index (κ2) is 5.23. The summed E-state index contributed by atoms with van der Waals surface area (Å²) in [5.74, 6) is 0. The van der Waals surface area contributed by atoms with Crippen molar-refractivity contribution in [2.75, 3.05) is 0 Å². The summed E-state index contributed by atoms with van der Waals surface area (Å²) in [5.41, 5.74) is 0. The lowest BCUT2D eigenvalue weighted by molar-refractivity contribution is 1.75. The van der Waals surface area contributed by atoms with Crippen LogP contribution in [0.15, 0.2) is 48.5 Å². The molecule has 0 aliphatic heterocycles. The summed E-state index contributed by atoms with van der Waals surface area (Å²) in [6.07, 6.45) is 0. The maximum Gasteiger partial charge on any atom is 0.0406 e. The highest BCUT2D eigenvalue weighted by Gasteiger charge is 2.01. The Labute approximate surface area is 108 Å². The first-order chi connectivity index (χ1) is 7.66. The van der Waals surface area contributed by atoms with Crippen molar-refractivity contribution in [3.05, 3.63) is 58.6 Å². The molecule has 0 radical (unpaired) electrons. The van der Waals surface area contributed by atoms with Crippen LogP contribution in [-0.2, 0) is 0 Å². The average Bonchev–Trinajstić information content (AvgIpc) is 2.30. The molecule has 0 fully saturated rings. The van der Waals surface area contributed by atoms with Crippen LogP contribution in [0.4, 0.5) is 0 Å². The third-order valence-electron chi connectivity index (χ3n) is 1.91. The van der Waals surface area contributed by atoms with Crippen LogP contribution >= 0.6 is 31.0 Å². The third-order valence-corrected chi connectivity index (χ3v) is 3.53. The zero-order valence-corrected chi connectivity index (χ0v) is 10.2. The van der Waals surface area contributed by atoms with E-state index in [1.54, 1.807) is 0 Å². The van der Waals surface area contributed by atoms with Crippen LogP contribution in [0.2, 0.25) is 10.0 Å². The molecule has 0 amide bonds. The molecule has 2 aromatic rings. The number of hydrogen-bond acceptors (Lipinski definition) is 0. The zero-order valence-electron chi connectivity index (χ0n) is 7.82. The normalized spacial score (nSPS) is 10.8. The fourth-order valence-electron chi connectivity index (χ4n) is 1.18. The second-order valence-electron chi connectivity index (χ2n) is 3.06. The molecule has 0 spiro atoms. The van der Waals surface area contributed by atoms with Gasteiger partial charge in [0.2, 0.25) is 0 Å². The van der Waals surface area contributed by atoms with Crippen LogP contribution in [0.25, 0.3) is 0 Å². The lowest BCUT2D eigenvalue weighted by atomic mass is 10.4. The first-order valence-corrected chi connectivity index (χ1v) is 6.12. The predicted molar refractivity (Wildman–Crippen MR) is 79.0 cm³/mol. The van der Waals surface area contributed by atoms with Gasteiger partial charge in [0.05, 0.1) is 0 Å². The van der Waals surface area contributed by atoms with Crippen LogP contribution in [0, 0.1) is 0 Å². The smallest absolute Gasteiger partial charge is 0.0406 e. The molecule has 4 heteroatoms. The van der Waals surface area contributed by atoms with Crippen molar-refractivity contribution in [2.24, 2.45) is 0 Å². The van der Waals surface area contributed by atoms with E-state index in [0.717, 1.165) is 10.0 Å². The maximum atomic E-state index is 5.89. The molecule has 0 aliphatic rings. The summed E-state index contributed by atoms with van der Waals surface area (Å²) >= 11 is 11.8. The number of rotatable bonds is 2. The molecule has 16 heavy (non-hydrogen) atoms. The Kier molecular flexibility index (Phi) is 3.92. The molecular weight excluding hydrogens is 257 g/mol. The molecule has 0 heterocycles. The van der Waals surface area contributed by atoms with E-state index >= 15 is 0 Å². The van der Waals surface area contributed by atoms with Crippen molar-refractivity contribution in [2.45, 2.75) is 0 Å². The molecule has 0 aliphatic carbocycles. The van der Waals surface area contributed by atoms with Gasteiger partial charge in [0, 0.05) is 10.0 Å². The fourth-order valence-corrected chi connectivity index (χ4v) is 2.33. The van der Waals surface area contributed by atoms with Crippen LogP contribution in [-0.4, -0.2) is 7.57 Å². The van der Waals surface area contributed by atoms with Crippen molar-refractivity contribution < 1.29 is 0 Å². The summed E-state index contributed by atoms with van der Waals surface area (Å²) < 4.78 is 0. The van der Waals surface area contributed by atoms with Gasteiger partial charge >= 0.3 is 0 Å². The van der Waals surface area contributed by atoms with Crippen molar-refractivity contribution in [1.29, 1.82) is 0 Å². The predicted octanol–water partition coefficient (Wildman–Crippen LogP) is 2.71. The van der Waals surface area contributed by atoms with E-state index in [1.165, 1.54) is 10.6 Å². The molecular formula is C12H11BCl2P-. The maximum absolute atomic E-state index is 5.89. The third kappa shape index (κ3) is 2.80. The van der Waals surface area contributed by atoms with Gasteiger partial charge in [-0.1, -0.05) is 58.1 Å². The zero-order chi connectivity index (χ0) is 11.5.